The highest BCUT2D eigenvalue weighted by atomic mass is 16.5. The Balaban J connectivity index is 2.61. The fourth-order valence-electron chi connectivity index (χ4n) is 1.88. The Hall–Kier alpha value is -0.860. The van der Waals surface area contributed by atoms with Crippen LogP contribution >= 0.6 is 0 Å². The van der Waals surface area contributed by atoms with Gasteiger partial charge >= 0.3 is 0 Å². The van der Waals surface area contributed by atoms with Crippen LogP contribution in [0.25, 0.3) is 0 Å². The first kappa shape index (κ1) is 13.2. The molecule has 2 heteroatoms. The predicted molar refractivity (Wildman–Crippen MR) is 68.7 cm³/mol. The lowest BCUT2D eigenvalue weighted by atomic mass is 10.0. The zero-order valence-electron chi connectivity index (χ0n) is 10.6. The number of ether oxygens (including phenoxy) is 1. The summed E-state index contributed by atoms with van der Waals surface area (Å²) in [5, 5.41) is 3.49. The Labute approximate surface area is 99.0 Å². The van der Waals surface area contributed by atoms with Gasteiger partial charge in [-0.2, -0.15) is 0 Å². The third kappa shape index (κ3) is 3.95. The highest BCUT2D eigenvalue weighted by Crippen LogP contribution is 2.17. The fourth-order valence-corrected chi connectivity index (χ4v) is 1.88. The van der Waals surface area contributed by atoms with Crippen LogP contribution in [0, 0.1) is 0 Å². The molecule has 1 unspecified atom stereocenters. The molecule has 0 saturated heterocycles. The van der Waals surface area contributed by atoms with Gasteiger partial charge in [-0.3, -0.25) is 0 Å². The summed E-state index contributed by atoms with van der Waals surface area (Å²) < 4.78 is 5.07. The molecule has 0 aliphatic heterocycles. The van der Waals surface area contributed by atoms with E-state index in [9.17, 15) is 0 Å². The van der Waals surface area contributed by atoms with Crippen molar-refractivity contribution in [3.05, 3.63) is 35.4 Å². The van der Waals surface area contributed by atoms with Crippen molar-refractivity contribution in [3.8, 4) is 0 Å². The van der Waals surface area contributed by atoms with E-state index in [0.717, 1.165) is 26.0 Å². The zero-order chi connectivity index (χ0) is 11.8. The Kier molecular flexibility index (Phi) is 6.12. The average Bonchev–Trinajstić information content (AvgIpc) is 2.34. The topological polar surface area (TPSA) is 21.3 Å². The quantitative estimate of drug-likeness (QED) is 0.764. The number of benzene rings is 1. The highest BCUT2D eigenvalue weighted by Gasteiger charge is 2.06. The monoisotopic (exact) mass is 221 g/mol. The third-order valence-corrected chi connectivity index (χ3v) is 2.84. The molecular weight excluding hydrogens is 198 g/mol. The Morgan fingerprint density at radius 2 is 1.88 bits per heavy atom. The molecule has 2 nitrogen and oxygen atoms in total. The van der Waals surface area contributed by atoms with Crippen molar-refractivity contribution in [1.29, 1.82) is 0 Å². The molecule has 0 radical (unpaired) electrons. The molecule has 0 amide bonds. The molecular formula is C14H23NO. The van der Waals surface area contributed by atoms with E-state index in [1.54, 1.807) is 7.11 Å². The molecule has 0 spiro atoms. The van der Waals surface area contributed by atoms with Crippen molar-refractivity contribution in [2.45, 2.75) is 32.7 Å². The maximum Gasteiger partial charge on any atom is 0.0502 e. The molecule has 1 rings (SSSR count). The van der Waals surface area contributed by atoms with Gasteiger partial charge in [0.25, 0.3) is 0 Å². The number of hydrogen-bond donors (Lipinski definition) is 1. The molecule has 1 aromatic carbocycles. The number of hydrogen-bond acceptors (Lipinski definition) is 2. The normalized spacial score (nSPS) is 12.7. The summed E-state index contributed by atoms with van der Waals surface area (Å²) in [5.41, 5.74) is 2.72. The van der Waals surface area contributed by atoms with Crippen molar-refractivity contribution in [2.75, 3.05) is 20.3 Å². The first-order valence-electron chi connectivity index (χ1n) is 6.13. The van der Waals surface area contributed by atoms with Crippen LogP contribution in [0.4, 0.5) is 0 Å². The average molecular weight is 221 g/mol. The van der Waals surface area contributed by atoms with Crippen molar-refractivity contribution in [1.82, 2.24) is 5.32 Å². The summed E-state index contributed by atoms with van der Waals surface area (Å²) in [6.45, 7) is 6.18. The lowest BCUT2D eigenvalue weighted by molar-refractivity contribution is 0.202. The second-order valence-corrected chi connectivity index (χ2v) is 4.00. The molecule has 0 fully saturated rings. The maximum atomic E-state index is 5.07. The molecule has 0 bridgehead atoms. The van der Waals surface area contributed by atoms with Crippen molar-refractivity contribution in [3.63, 3.8) is 0 Å². The van der Waals surface area contributed by atoms with Crippen LogP contribution in [0.2, 0.25) is 0 Å². The van der Waals surface area contributed by atoms with E-state index in [1.165, 1.54) is 11.1 Å². The van der Waals surface area contributed by atoms with Gasteiger partial charge in [0.05, 0.1) is 6.61 Å². The van der Waals surface area contributed by atoms with E-state index in [0.29, 0.717) is 6.04 Å². The first-order chi connectivity index (χ1) is 7.81. The molecule has 0 aliphatic rings. The number of nitrogens with one attached hydrogen (secondary N) is 1. The molecule has 0 aromatic heterocycles. The SMILES string of the molecule is CCNC(CC)c1ccc(CCOC)cc1. The zero-order valence-corrected chi connectivity index (χ0v) is 10.6. The summed E-state index contributed by atoms with van der Waals surface area (Å²) in [4.78, 5) is 0. The van der Waals surface area contributed by atoms with Gasteiger partial charge < -0.3 is 10.1 Å². The van der Waals surface area contributed by atoms with Gasteiger partial charge in [-0.15, -0.1) is 0 Å². The van der Waals surface area contributed by atoms with Crippen molar-refractivity contribution in [2.24, 2.45) is 0 Å². The van der Waals surface area contributed by atoms with E-state index in [-0.39, 0.29) is 0 Å². The van der Waals surface area contributed by atoms with Crippen LogP contribution in [-0.4, -0.2) is 20.3 Å². The van der Waals surface area contributed by atoms with Crippen molar-refractivity contribution < 1.29 is 4.74 Å². The Bertz CT molecular complexity index is 281. The third-order valence-electron chi connectivity index (χ3n) is 2.84. The Morgan fingerprint density at radius 1 is 1.19 bits per heavy atom. The van der Waals surface area contributed by atoms with Gasteiger partial charge in [-0.1, -0.05) is 38.1 Å². The molecule has 90 valence electrons. The highest BCUT2D eigenvalue weighted by molar-refractivity contribution is 5.25. The van der Waals surface area contributed by atoms with Gasteiger partial charge in [0.2, 0.25) is 0 Å². The fraction of sp³-hybridized carbons (Fsp3) is 0.571. The molecule has 16 heavy (non-hydrogen) atoms. The van der Waals surface area contributed by atoms with Crippen LogP contribution in [0.5, 0.6) is 0 Å². The second-order valence-electron chi connectivity index (χ2n) is 4.00. The Morgan fingerprint density at radius 3 is 2.38 bits per heavy atom. The van der Waals surface area contributed by atoms with Crippen LogP contribution < -0.4 is 5.32 Å². The van der Waals surface area contributed by atoms with E-state index < -0.39 is 0 Å². The maximum absolute atomic E-state index is 5.07. The number of methoxy groups -OCH3 is 1. The van der Waals surface area contributed by atoms with E-state index in [4.69, 9.17) is 4.74 Å². The summed E-state index contributed by atoms with van der Waals surface area (Å²) >= 11 is 0. The first-order valence-corrected chi connectivity index (χ1v) is 6.13. The van der Waals surface area contributed by atoms with Crippen LogP contribution in [0.1, 0.15) is 37.4 Å². The summed E-state index contributed by atoms with van der Waals surface area (Å²) in [5.74, 6) is 0. The van der Waals surface area contributed by atoms with Crippen LogP contribution in [-0.2, 0) is 11.2 Å². The lowest BCUT2D eigenvalue weighted by Crippen LogP contribution is -2.19. The minimum atomic E-state index is 0.487. The summed E-state index contributed by atoms with van der Waals surface area (Å²) in [7, 11) is 1.74. The van der Waals surface area contributed by atoms with Gasteiger partial charge in [-0.05, 0) is 30.5 Å². The molecule has 1 aromatic rings. The minimum Gasteiger partial charge on any atom is -0.384 e. The molecule has 0 aliphatic carbocycles. The van der Waals surface area contributed by atoms with Gasteiger partial charge in [0, 0.05) is 13.2 Å². The van der Waals surface area contributed by atoms with Gasteiger partial charge in [0.1, 0.15) is 0 Å². The van der Waals surface area contributed by atoms with E-state index in [1.807, 2.05) is 0 Å². The van der Waals surface area contributed by atoms with E-state index in [2.05, 4.69) is 43.4 Å². The molecule has 1 N–H and O–H groups in total. The predicted octanol–water partition coefficient (Wildman–Crippen LogP) is 2.94. The standard InChI is InChI=1S/C14H23NO/c1-4-14(15-5-2)13-8-6-12(7-9-13)10-11-16-3/h6-9,14-15H,4-5,10-11H2,1-3H3. The van der Waals surface area contributed by atoms with Gasteiger partial charge in [0.15, 0.2) is 0 Å². The molecule has 0 heterocycles. The molecule has 1 atom stereocenters. The van der Waals surface area contributed by atoms with Gasteiger partial charge in [-0.25, -0.2) is 0 Å². The van der Waals surface area contributed by atoms with Crippen molar-refractivity contribution >= 4 is 0 Å². The summed E-state index contributed by atoms with van der Waals surface area (Å²) in [6, 6.07) is 9.34. The van der Waals surface area contributed by atoms with E-state index >= 15 is 0 Å². The second kappa shape index (κ2) is 7.42. The number of rotatable bonds is 7. The lowest BCUT2D eigenvalue weighted by Gasteiger charge is -2.16. The van der Waals surface area contributed by atoms with Crippen LogP contribution in [0.3, 0.4) is 0 Å². The largest absolute Gasteiger partial charge is 0.384 e. The smallest absolute Gasteiger partial charge is 0.0502 e. The molecule has 0 saturated carbocycles. The van der Waals surface area contributed by atoms with Crippen LogP contribution in [0.15, 0.2) is 24.3 Å². The summed E-state index contributed by atoms with van der Waals surface area (Å²) in [6.07, 6.45) is 2.13. The minimum absolute atomic E-state index is 0.487.